The first-order valence-corrected chi connectivity index (χ1v) is 6.40. The minimum atomic E-state index is 0.132. The van der Waals surface area contributed by atoms with Crippen molar-refractivity contribution in [3.05, 3.63) is 33.4 Å². The lowest BCUT2D eigenvalue weighted by Crippen LogP contribution is -2.35. The van der Waals surface area contributed by atoms with Crippen molar-refractivity contribution in [1.29, 1.82) is 0 Å². The van der Waals surface area contributed by atoms with Gasteiger partial charge in [0.1, 0.15) is 0 Å². The molecule has 0 aliphatic rings. The first kappa shape index (κ1) is 13.4. The third-order valence-corrected chi connectivity index (χ3v) is 3.14. The standard InChI is InChI=1S/C12H17IN2O/c1-3-15(2)12(16)9-14-8-10-4-6-11(13)7-5-10/h4-7,14H,3,8-9H2,1-2H3. The van der Waals surface area contributed by atoms with E-state index in [0.29, 0.717) is 6.54 Å². The highest BCUT2D eigenvalue weighted by molar-refractivity contribution is 14.1. The predicted octanol–water partition coefficient (Wildman–Crippen LogP) is 1.86. The van der Waals surface area contributed by atoms with Gasteiger partial charge in [-0.2, -0.15) is 0 Å². The molecule has 0 heterocycles. The Morgan fingerprint density at radius 2 is 2.00 bits per heavy atom. The van der Waals surface area contributed by atoms with Crippen LogP contribution < -0.4 is 5.32 Å². The number of carbonyl (C=O) groups excluding carboxylic acids is 1. The van der Waals surface area contributed by atoms with Gasteiger partial charge in [0.15, 0.2) is 0 Å². The molecule has 0 unspecified atom stereocenters. The minimum Gasteiger partial charge on any atom is -0.345 e. The second kappa shape index (κ2) is 6.85. The third kappa shape index (κ3) is 4.49. The lowest BCUT2D eigenvalue weighted by atomic mass is 10.2. The van der Waals surface area contributed by atoms with Gasteiger partial charge in [-0.25, -0.2) is 0 Å². The summed E-state index contributed by atoms with van der Waals surface area (Å²) in [7, 11) is 1.81. The van der Waals surface area contributed by atoms with Gasteiger partial charge in [-0.15, -0.1) is 0 Å². The van der Waals surface area contributed by atoms with E-state index in [-0.39, 0.29) is 5.91 Å². The Kier molecular flexibility index (Phi) is 5.76. The summed E-state index contributed by atoms with van der Waals surface area (Å²) in [6.07, 6.45) is 0. The molecule has 0 fully saturated rings. The highest BCUT2D eigenvalue weighted by atomic mass is 127. The molecule has 1 rings (SSSR count). The molecule has 1 N–H and O–H groups in total. The van der Waals surface area contributed by atoms with Crippen LogP contribution in [0.2, 0.25) is 0 Å². The lowest BCUT2D eigenvalue weighted by Gasteiger charge is -2.14. The molecule has 0 atom stereocenters. The quantitative estimate of drug-likeness (QED) is 0.835. The van der Waals surface area contributed by atoms with E-state index < -0.39 is 0 Å². The first-order chi connectivity index (χ1) is 7.63. The fourth-order valence-electron chi connectivity index (χ4n) is 1.23. The Morgan fingerprint density at radius 1 is 1.38 bits per heavy atom. The van der Waals surface area contributed by atoms with Gasteiger partial charge in [0.05, 0.1) is 6.54 Å². The number of nitrogens with zero attached hydrogens (tertiary/aromatic N) is 1. The number of carbonyl (C=O) groups is 1. The van der Waals surface area contributed by atoms with Crippen LogP contribution in [0.15, 0.2) is 24.3 Å². The van der Waals surface area contributed by atoms with Crippen LogP contribution in [0, 0.1) is 3.57 Å². The summed E-state index contributed by atoms with van der Waals surface area (Å²) >= 11 is 2.28. The number of benzene rings is 1. The van der Waals surface area contributed by atoms with Gasteiger partial charge in [0.25, 0.3) is 0 Å². The summed E-state index contributed by atoms with van der Waals surface area (Å²) < 4.78 is 1.23. The van der Waals surface area contributed by atoms with E-state index in [1.54, 1.807) is 4.90 Å². The highest BCUT2D eigenvalue weighted by Crippen LogP contribution is 2.06. The molecule has 88 valence electrons. The number of hydrogen-bond acceptors (Lipinski definition) is 2. The van der Waals surface area contributed by atoms with Gasteiger partial charge in [-0.3, -0.25) is 4.79 Å². The van der Waals surface area contributed by atoms with Crippen molar-refractivity contribution in [3.63, 3.8) is 0 Å². The van der Waals surface area contributed by atoms with E-state index >= 15 is 0 Å². The molecule has 0 spiro atoms. The summed E-state index contributed by atoms with van der Waals surface area (Å²) in [5.74, 6) is 0.132. The Balaban J connectivity index is 2.30. The van der Waals surface area contributed by atoms with Gasteiger partial charge < -0.3 is 10.2 Å². The van der Waals surface area contributed by atoms with Gasteiger partial charge in [-0.05, 0) is 47.2 Å². The van der Waals surface area contributed by atoms with E-state index in [2.05, 4.69) is 52.2 Å². The summed E-state index contributed by atoms with van der Waals surface area (Å²) in [4.78, 5) is 13.2. The molecule has 0 aliphatic carbocycles. The van der Waals surface area contributed by atoms with Crippen LogP contribution in [-0.4, -0.2) is 30.9 Å². The molecule has 4 heteroatoms. The Bertz CT molecular complexity index is 337. The minimum absolute atomic E-state index is 0.132. The number of amides is 1. The van der Waals surface area contributed by atoms with Crippen LogP contribution in [0.4, 0.5) is 0 Å². The van der Waals surface area contributed by atoms with Gasteiger partial charge in [0, 0.05) is 23.7 Å². The van der Waals surface area contributed by atoms with Crippen LogP contribution in [-0.2, 0) is 11.3 Å². The number of likely N-dealkylation sites (N-methyl/N-ethyl adjacent to an activating group) is 1. The average molecular weight is 332 g/mol. The smallest absolute Gasteiger partial charge is 0.236 e. The molecule has 0 aromatic heterocycles. The normalized spacial score (nSPS) is 10.2. The lowest BCUT2D eigenvalue weighted by molar-refractivity contribution is -0.128. The maximum Gasteiger partial charge on any atom is 0.236 e. The Labute approximate surface area is 110 Å². The summed E-state index contributed by atoms with van der Waals surface area (Å²) in [6.45, 7) is 3.86. The molecular weight excluding hydrogens is 315 g/mol. The molecule has 1 aromatic carbocycles. The largest absolute Gasteiger partial charge is 0.345 e. The third-order valence-electron chi connectivity index (χ3n) is 2.42. The fourth-order valence-corrected chi connectivity index (χ4v) is 1.59. The fraction of sp³-hybridized carbons (Fsp3) is 0.417. The van der Waals surface area contributed by atoms with Crippen molar-refractivity contribution < 1.29 is 4.79 Å². The summed E-state index contributed by atoms with van der Waals surface area (Å²) in [5, 5.41) is 3.14. The number of rotatable bonds is 5. The van der Waals surface area contributed by atoms with Crippen molar-refractivity contribution in [3.8, 4) is 0 Å². The molecule has 0 saturated carbocycles. The highest BCUT2D eigenvalue weighted by Gasteiger charge is 2.04. The van der Waals surface area contributed by atoms with E-state index in [4.69, 9.17) is 0 Å². The van der Waals surface area contributed by atoms with Crippen molar-refractivity contribution in [2.24, 2.45) is 0 Å². The maximum atomic E-state index is 11.5. The molecule has 0 bridgehead atoms. The van der Waals surface area contributed by atoms with Crippen LogP contribution in [0.25, 0.3) is 0 Å². The van der Waals surface area contributed by atoms with Crippen LogP contribution in [0.3, 0.4) is 0 Å². The Morgan fingerprint density at radius 3 is 2.56 bits per heavy atom. The average Bonchev–Trinajstić information content (AvgIpc) is 2.30. The first-order valence-electron chi connectivity index (χ1n) is 5.32. The van der Waals surface area contributed by atoms with E-state index in [1.807, 2.05) is 14.0 Å². The molecule has 3 nitrogen and oxygen atoms in total. The number of hydrogen-bond donors (Lipinski definition) is 1. The van der Waals surface area contributed by atoms with Crippen LogP contribution in [0.1, 0.15) is 12.5 Å². The molecule has 0 radical (unpaired) electrons. The molecule has 1 aromatic rings. The van der Waals surface area contributed by atoms with Gasteiger partial charge in [-0.1, -0.05) is 12.1 Å². The second-order valence-corrected chi connectivity index (χ2v) is 4.88. The van der Waals surface area contributed by atoms with Crippen molar-refractivity contribution in [1.82, 2.24) is 10.2 Å². The molecular formula is C12H17IN2O. The van der Waals surface area contributed by atoms with Crippen LogP contribution in [0.5, 0.6) is 0 Å². The number of halogens is 1. The zero-order valence-corrected chi connectivity index (χ0v) is 11.8. The zero-order valence-electron chi connectivity index (χ0n) is 9.66. The van der Waals surface area contributed by atoms with Crippen LogP contribution >= 0.6 is 22.6 Å². The van der Waals surface area contributed by atoms with Crippen molar-refractivity contribution in [2.75, 3.05) is 20.1 Å². The zero-order chi connectivity index (χ0) is 12.0. The summed E-state index contributed by atoms with van der Waals surface area (Å²) in [5.41, 5.74) is 1.20. The van der Waals surface area contributed by atoms with E-state index in [9.17, 15) is 4.79 Å². The van der Waals surface area contributed by atoms with E-state index in [0.717, 1.165) is 13.1 Å². The molecule has 0 aliphatic heterocycles. The molecule has 16 heavy (non-hydrogen) atoms. The molecule has 1 amide bonds. The van der Waals surface area contributed by atoms with E-state index in [1.165, 1.54) is 9.13 Å². The topological polar surface area (TPSA) is 32.3 Å². The SMILES string of the molecule is CCN(C)C(=O)CNCc1ccc(I)cc1. The molecule has 0 saturated heterocycles. The monoisotopic (exact) mass is 332 g/mol. The Hall–Kier alpha value is -0.620. The predicted molar refractivity (Wildman–Crippen MR) is 74.2 cm³/mol. The van der Waals surface area contributed by atoms with Crippen molar-refractivity contribution in [2.45, 2.75) is 13.5 Å². The van der Waals surface area contributed by atoms with Crippen molar-refractivity contribution >= 4 is 28.5 Å². The maximum absolute atomic E-state index is 11.5. The van der Waals surface area contributed by atoms with Gasteiger partial charge in [0.2, 0.25) is 5.91 Å². The number of nitrogens with one attached hydrogen (secondary N) is 1. The second-order valence-electron chi connectivity index (χ2n) is 3.64. The summed E-state index contributed by atoms with van der Waals surface area (Å²) in [6, 6.07) is 8.28. The van der Waals surface area contributed by atoms with Gasteiger partial charge >= 0.3 is 0 Å².